The Labute approximate surface area is 152 Å². The van der Waals surface area contributed by atoms with Crippen LogP contribution in [-0.2, 0) is 11.2 Å². The Morgan fingerprint density at radius 2 is 1.88 bits per heavy atom. The van der Waals surface area contributed by atoms with E-state index < -0.39 is 5.97 Å². The predicted molar refractivity (Wildman–Crippen MR) is 98.2 cm³/mol. The summed E-state index contributed by atoms with van der Waals surface area (Å²) in [4.78, 5) is 29.7. The van der Waals surface area contributed by atoms with Crippen LogP contribution in [0, 0.1) is 6.92 Å². The summed E-state index contributed by atoms with van der Waals surface area (Å²) < 4.78 is 4.84. The summed E-state index contributed by atoms with van der Waals surface area (Å²) in [7, 11) is 3.08. The molecule has 25 heavy (non-hydrogen) atoms. The van der Waals surface area contributed by atoms with Gasteiger partial charge >= 0.3 is 5.97 Å². The number of halogens is 1. The Morgan fingerprint density at radius 1 is 1.28 bits per heavy atom. The van der Waals surface area contributed by atoms with Gasteiger partial charge in [-0.3, -0.25) is 4.79 Å². The number of nitrogens with zero attached hydrogens (tertiary/aromatic N) is 1. The molecule has 1 aromatic heterocycles. The van der Waals surface area contributed by atoms with Crippen LogP contribution in [0.4, 0.5) is 0 Å². The quantitative estimate of drug-likeness (QED) is 0.812. The van der Waals surface area contributed by atoms with E-state index in [0.29, 0.717) is 34.0 Å². The van der Waals surface area contributed by atoms with Crippen LogP contribution in [0.1, 0.15) is 57.6 Å². The maximum Gasteiger partial charge on any atom is 0.339 e. The molecule has 1 aromatic carbocycles. The molecule has 0 aliphatic rings. The second-order valence-electron chi connectivity index (χ2n) is 5.97. The number of nitrogens with one attached hydrogen (secondary N) is 1. The number of aromatic amines is 1. The summed E-state index contributed by atoms with van der Waals surface area (Å²) >= 11 is 5.93. The minimum absolute atomic E-state index is 0.140. The van der Waals surface area contributed by atoms with Gasteiger partial charge in [0.2, 0.25) is 0 Å². The lowest BCUT2D eigenvalue weighted by Crippen LogP contribution is -2.30. The van der Waals surface area contributed by atoms with Gasteiger partial charge in [0.15, 0.2) is 0 Å². The van der Waals surface area contributed by atoms with E-state index in [-0.39, 0.29) is 11.9 Å². The molecule has 1 atom stereocenters. The normalized spacial score (nSPS) is 11.9. The van der Waals surface area contributed by atoms with Gasteiger partial charge < -0.3 is 14.6 Å². The maximum absolute atomic E-state index is 13.0. The van der Waals surface area contributed by atoms with Gasteiger partial charge in [-0.2, -0.15) is 0 Å². The van der Waals surface area contributed by atoms with Crippen molar-refractivity contribution in [2.24, 2.45) is 0 Å². The van der Waals surface area contributed by atoms with Crippen molar-refractivity contribution in [3.05, 3.63) is 57.4 Å². The molecule has 0 saturated carbocycles. The third-order valence-electron chi connectivity index (χ3n) is 4.54. The number of carbonyl (C=O) groups excluding carboxylic acids is 2. The fourth-order valence-corrected chi connectivity index (χ4v) is 2.96. The molecule has 1 N–H and O–H groups in total. The standard InChI is InChI=1S/C19H23ClN2O3/c1-6-15-16(19(24)25-5)11(2)17(21-15)18(23)22(4)12(3)13-7-9-14(20)10-8-13/h7-10,12,21H,6H2,1-5H3. The molecule has 6 heteroatoms. The van der Waals surface area contributed by atoms with Gasteiger partial charge in [0.05, 0.1) is 18.7 Å². The number of esters is 1. The Hall–Kier alpha value is -2.27. The monoisotopic (exact) mass is 362 g/mol. The third kappa shape index (κ3) is 3.71. The SMILES string of the molecule is CCc1[nH]c(C(=O)N(C)C(C)c2ccc(Cl)cc2)c(C)c1C(=O)OC. The van der Waals surface area contributed by atoms with Crippen molar-refractivity contribution in [2.75, 3.05) is 14.2 Å². The van der Waals surface area contributed by atoms with Crippen molar-refractivity contribution < 1.29 is 14.3 Å². The lowest BCUT2D eigenvalue weighted by molar-refractivity contribution is 0.0599. The van der Waals surface area contributed by atoms with E-state index in [2.05, 4.69) is 4.98 Å². The average molecular weight is 363 g/mol. The Kier molecular flexibility index (Phi) is 5.90. The Morgan fingerprint density at radius 3 is 2.40 bits per heavy atom. The van der Waals surface area contributed by atoms with Crippen LogP contribution in [0.5, 0.6) is 0 Å². The molecule has 5 nitrogen and oxygen atoms in total. The zero-order valence-corrected chi connectivity index (χ0v) is 15.9. The van der Waals surface area contributed by atoms with E-state index >= 15 is 0 Å². The first-order valence-electron chi connectivity index (χ1n) is 8.14. The minimum atomic E-state index is -0.432. The van der Waals surface area contributed by atoms with Gasteiger partial charge in [0.1, 0.15) is 5.69 Å². The highest BCUT2D eigenvalue weighted by Gasteiger charge is 2.27. The molecule has 1 heterocycles. The van der Waals surface area contributed by atoms with Crippen LogP contribution in [-0.4, -0.2) is 35.9 Å². The number of carbonyl (C=O) groups is 2. The largest absolute Gasteiger partial charge is 0.465 e. The van der Waals surface area contributed by atoms with Crippen LogP contribution in [0.3, 0.4) is 0 Å². The van der Waals surface area contributed by atoms with E-state index in [1.54, 1.807) is 31.0 Å². The van der Waals surface area contributed by atoms with E-state index in [9.17, 15) is 9.59 Å². The fourth-order valence-electron chi connectivity index (χ4n) is 2.83. The van der Waals surface area contributed by atoms with E-state index in [1.807, 2.05) is 26.0 Å². The summed E-state index contributed by atoms with van der Waals surface area (Å²) in [6.45, 7) is 5.63. The third-order valence-corrected chi connectivity index (χ3v) is 4.79. The molecule has 2 aromatic rings. The summed E-state index contributed by atoms with van der Waals surface area (Å²) in [6.07, 6.45) is 0.606. The molecule has 1 amide bonds. The Bertz CT molecular complexity index is 781. The molecule has 0 spiro atoms. The zero-order valence-electron chi connectivity index (χ0n) is 15.1. The number of H-pyrrole nitrogens is 1. The number of hydrogen-bond donors (Lipinski definition) is 1. The topological polar surface area (TPSA) is 62.4 Å². The highest BCUT2D eigenvalue weighted by Crippen LogP contribution is 2.26. The lowest BCUT2D eigenvalue weighted by Gasteiger charge is -2.25. The van der Waals surface area contributed by atoms with Crippen molar-refractivity contribution in [1.82, 2.24) is 9.88 Å². The predicted octanol–water partition coefficient (Wildman–Crippen LogP) is 4.16. The zero-order chi connectivity index (χ0) is 18.7. The summed E-state index contributed by atoms with van der Waals surface area (Å²) in [5.41, 5.74) is 3.17. The van der Waals surface area contributed by atoms with Gasteiger partial charge in [-0.1, -0.05) is 30.7 Å². The van der Waals surface area contributed by atoms with Crippen LogP contribution < -0.4 is 0 Å². The number of aromatic nitrogens is 1. The first-order valence-corrected chi connectivity index (χ1v) is 8.51. The van der Waals surface area contributed by atoms with Crippen LogP contribution in [0.25, 0.3) is 0 Å². The first-order chi connectivity index (χ1) is 11.8. The number of methoxy groups -OCH3 is 1. The number of benzene rings is 1. The summed E-state index contributed by atoms with van der Waals surface area (Å²) in [6, 6.07) is 7.26. The number of ether oxygens (including phenoxy) is 1. The molecular weight excluding hydrogens is 340 g/mol. The molecule has 0 saturated heterocycles. The summed E-state index contributed by atoms with van der Waals surface area (Å²) in [5.74, 6) is -0.608. The second kappa shape index (κ2) is 7.74. The number of amides is 1. The molecule has 0 aliphatic heterocycles. The summed E-state index contributed by atoms with van der Waals surface area (Å²) in [5, 5.41) is 0.653. The molecule has 134 valence electrons. The van der Waals surface area contributed by atoms with E-state index in [4.69, 9.17) is 16.3 Å². The molecule has 0 radical (unpaired) electrons. The molecule has 0 fully saturated rings. The average Bonchev–Trinajstić information content (AvgIpc) is 2.96. The van der Waals surface area contributed by atoms with Crippen molar-refractivity contribution in [3.8, 4) is 0 Å². The van der Waals surface area contributed by atoms with Crippen LogP contribution in [0.2, 0.25) is 5.02 Å². The van der Waals surface area contributed by atoms with Gasteiger partial charge in [-0.15, -0.1) is 0 Å². The first kappa shape index (κ1) is 19.1. The van der Waals surface area contributed by atoms with Gasteiger partial charge in [0.25, 0.3) is 5.91 Å². The molecule has 0 aliphatic carbocycles. The smallest absolute Gasteiger partial charge is 0.339 e. The van der Waals surface area contributed by atoms with E-state index in [1.165, 1.54) is 7.11 Å². The highest BCUT2D eigenvalue weighted by molar-refractivity contribution is 6.30. The van der Waals surface area contributed by atoms with Crippen LogP contribution >= 0.6 is 11.6 Å². The Balaban J connectivity index is 2.35. The second-order valence-corrected chi connectivity index (χ2v) is 6.40. The minimum Gasteiger partial charge on any atom is -0.465 e. The van der Waals surface area contributed by atoms with Crippen molar-refractivity contribution in [1.29, 1.82) is 0 Å². The molecular formula is C19H23ClN2O3. The van der Waals surface area contributed by atoms with Gasteiger partial charge in [-0.05, 0) is 43.5 Å². The van der Waals surface area contributed by atoms with Gasteiger partial charge in [0, 0.05) is 17.8 Å². The van der Waals surface area contributed by atoms with Crippen molar-refractivity contribution in [2.45, 2.75) is 33.2 Å². The fraction of sp³-hybridized carbons (Fsp3) is 0.368. The lowest BCUT2D eigenvalue weighted by atomic mass is 10.1. The van der Waals surface area contributed by atoms with Crippen LogP contribution in [0.15, 0.2) is 24.3 Å². The number of hydrogen-bond acceptors (Lipinski definition) is 3. The number of rotatable bonds is 5. The molecule has 1 unspecified atom stereocenters. The number of aryl methyl sites for hydroxylation is 1. The molecule has 0 bridgehead atoms. The highest BCUT2D eigenvalue weighted by atomic mass is 35.5. The van der Waals surface area contributed by atoms with E-state index in [0.717, 1.165) is 5.56 Å². The van der Waals surface area contributed by atoms with Crippen molar-refractivity contribution in [3.63, 3.8) is 0 Å². The van der Waals surface area contributed by atoms with Gasteiger partial charge in [-0.25, -0.2) is 4.79 Å². The maximum atomic E-state index is 13.0. The molecule has 2 rings (SSSR count). The van der Waals surface area contributed by atoms with Crippen molar-refractivity contribution >= 4 is 23.5 Å².